The molecule has 0 radical (unpaired) electrons. The first kappa shape index (κ1) is 74.9. The minimum Gasteiger partial charge on any atom is -0.282 e. The number of pyridine rings is 7. The molecule has 110 heavy (non-hydrogen) atoms. The van der Waals surface area contributed by atoms with Crippen molar-refractivity contribution in [2.24, 2.45) is 0 Å². The molecule has 22 aromatic rings. The maximum absolute atomic E-state index is 4.18. The van der Waals surface area contributed by atoms with Crippen molar-refractivity contribution in [3.8, 4) is 0 Å². The molecule has 33 heteroatoms. The summed E-state index contributed by atoms with van der Waals surface area (Å²) < 4.78 is 1.28. The molecule has 0 aliphatic rings. The molecule has 2 aromatic carbocycles. The number of aromatic amines is 10. The summed E-state index contributed by atoms with van der Waals surface area (Å²) in [4.78, 5) is 48.4. The van der Waals surface area contributed by atoms with Crippen LogP contribution in [0.3, 0.4) is 0 Å². The van der Waals surface area contributed by atoms with Crippen molar-refractivity contribution in [1.29, 1.82) is 0 Å². The normalized spacial score (nSPS) is 10.5. The summed E-state index contributed by atoms with van der Waals surface area (Å²) in [6.45, 7) is 22.0. The first-order chi connectivity index (χ1) is 53.6. The molecule has 10 N–H and O–H groups in total. The molecule has 550 valence electrons. The molecule has 0 unspecified atom stereocenters. The molecular weight excluding hydrogens is 1410 g/mol. The summed E-state index contributed by atoms with van der Waals surface area (Å²) in [5, 5.41) is 77.0. The second-order valence-electron chi connectivity index (χ2n) is 24.6. The molecule has 0 saturated carbocycles. The van der Waals surface area contributed by atoms with Crippen LogP contribution < -0.4 is 0 Å². The molecule has 32 nitrogen and oxygen atoms in total. The van der Waals surface area contributed by atoms with Gasteiger partial charge in [-0.05, 0) is 165 Å². The van der Waals surface area contributed by atoms with Crippen LogP contribution in [0.15, 0.2) is 202 Å². The van der Waals surface area contributed by atoms with E-state index in [2.05, 4.69) is 200 Å². The minimum atomic E-state index is 0.681. The van der Waals surface area contributed by atoms with E-state index in [1.54, 1.807) is 91.9 Å². The molecule has 0 aliphatic carbocycles. The van der Waals surface area contributed by atoms with E-state index < -0.39 is 0 Å². The Morgan fingerprint density at radius 3 is 1.62 bits per heavy atom. The molecule has 0 bridgehead atoms. The third kappa shape index (κ3) is 19.0. The van der Waals surface area contributed by atoms with E-state index in [4.69, 9.17) is 0 Å². The standard InChI is InChI=1S/C8H8N2.C8H7NS.7C7H7N3.2C6H6N4/c1-6-3-2-4-8-7(6)5-9-10-8;1-6-2-3-7-8(4-6)10-5-9-7;1-5-2-8-4-7-6(5)3-9-10-7;1-5-6-4-9-10-7(6)2-3-8-5;1-5-6-4-8-3-2-7(6)10-9-5;1-5-6-2-3-8-4-7(6)10-9-5;1-5-2-3-8-7-6(5)4-9-10-7;1-5-7-6(10-9-5)3-2-4-8-7;1-5-6-3-2-4-8-7(6)10-9-5;1-4-5-2-7-3-8-6(5)10-9-4;1-4-5-6(10-9-4)8-3-2-7-5/h2-5H,1H3,(H,9,10);2-5H,1H3;4*2-4H,1H3,(H,9,10);2-4H,1H3,(H,8,9,10);2-4H,1H3,(H,9,10);2-4H,1H3,(H,8,9,10);2-3H,1H3,(H,7,8,9,10);2-3H,1H3,(H,8,9,10). The van der Waals surface area contributed by atoms with Gasteiger partial charge in [0.25, 0.3) is 0 Å². The predicted molar refractivity (Wildman–Crippen MR) is 428 cm³/mol. The second kappa shape index (κ2) is 36.3. The fraction of sp³-hybridized carbons (Fsp3) is 0.143. The largest absolute Gasteiger partial charge is 0.282 e. The van der Waals surface area contributed by atoms with Gasteiger partial charge in [0.15, 0.2) is 22.6 Å². The number of fused-ring (bicyclic) bond motifs is 11. The van der Waals surface area contributed by atoms with Gasteiger partial charge in [0, 0.05) is 134 Å². The van der Waals surface area contributed by atoms with Crippen LogP contribution >= 0.6 is 11.3 Å². The van der Waals surface area contributed by atoms with Gasteiger partial charge in [0.1, 0.15) is 28.4 Å². The van der Waals surface area contributed by atoms with Gasteiger partial charge in [0.05, 0.1) is 91.7 Å². The topological polar surface area (TPSA) is 441 Å². The molecule has 20 aromatic heterocycles. The maximum Gasteiger partial charge on any atom is 0.199 e. The van der Waals surface area contributed by atoms with Crippen molar-refractivity contribution >= 4 is 131 Å². The molecular formula is C77H76N32S. The fourth-order valence-electron chi connectivity index (χ4n) is 10.7. The van der Waals surface area contributed by atoms with Gasteiger partial charge in [0.2, 0.25) is 0 Å². The van der Waals surface area contributed by atoms with Crippen LogP contribution in [0.1, 0.15) is 62.1 Å². The van der Waals surface area contributed by atoms with Crippen molar-refractivity contribution < 1.29 is 0 Å². The number of nitrogens with one attached hydrogen (secondary N) is 10. The monoisotopic (exact) mass is 1480 g/mol. The Morgan fingerprint density at radius 2 is 0.873 bits per heavy atom. The Balaban J connectivity index is 0.000000113. The third-order valence-electron chi connectivity index (χ3n) is 16.8. The summed E-state index contributed by atoms with van der Waals surface area (Å²) in [5.41, 5.74) is 26.1. The second-order valence-corrected chi connectivity index (χ2v) is 25.5. The summed E-state index contributed by atoms with van der Waals surface area (Å²) in [5.74, 6) is 0. The Hall–Kier alpha value is -14.8. The predicted octanol–water partition coefficient (Wildman–Crippen LogP) is 14.7. The number of hydrogen-bond acceptors (Lipinski definition) is 23. The number of aromatic nitrogens is 32. The van der Waals surface area contributed by atoms with Crippen LogP contribution in [0, 0.1) is 76.2 Å². The number of rotatable bonds is 0. The van der Waals surface area contributed by atoms with Crippen molar-refractivity contribution in [2.45, 2.75) is 76.2 Å². The summed E-state index contributed by atoms with van der Waals surface area (Å²) in [7, 11) is 0. The van der Waals surface area contributed by atoms with Crippen LogP contribution in [0.5, 0.6) is 0 Å². The van der Waals surface area contributed by atoms with Gasteiger partial charge in [-0.1, -0.05) is 18.2 Å². The minimum absolute atomic E-state index is 0.681. The van der Waals surface area contributed by atoms with Crippen LogP contribution in [-0.4, -0.2) is 162 Å². The van der Waals surface area contributed by atoms with Crippen molar-refractivity contribution in [2.75, 3.05) is 0 Å². The molecule has 22 rings (SSSR count). The van der Waals surface area contributed by atoms with Crippen LogP contribution in [0.2, 0.25) is 0 Å². The van der Waals surface area contributed by atoms with E-state index in [-0.39, 0.29) is 0 Å². The first-order valence-corrected chi connectivity index (χ1v) is 35.2. The zero-order valence-electron chi connectivity index (χ0n) is 61.8. The lowest BCUT2D eigenvalue weighted by molar-refractivity contribution is 1.05. The lowest BCUT2D eigenvalue weighted by Gasteiger charge is -1.90. The summed E-state index contributed by atoms with van der Waals surface area (Å²) in [6, 6.07) is 27.9. The highest BCUT2D eigenvalue weighted by molar-refractivity contribution is 7.16. The fourth-order valence-corrected chi connectivity index (χ4v) is 11.5. The average molecular weight is 1480 g/mol. The first-order valence-electron chi connectivity index (χ1n) is 34.3. The third-order valence-corrected chi connectivity index (χ3v) is 17.6. The summed E-state index contributed by atoms with van der Waals surface area (Å²) >= 11 is 1.69. The number of nitrogens with zero attached hydrogens (tertiary/aromatic N) is 22. The van der Waals surface area contributed by atoms with Crippen LogP contribution in [-0.2, 0) is 0 Å². The molecule has 0 atom stereocenters. The van der Waals surface area contributed by atoms with Gasteiger partial charge < -0.3 is 0 Å². The van der Waals surface area contributed by atoms with Crippen LogP contribution in [0.25, 0.3) is 120 Å². The maximum atomic E-state index is 4.18. The number of aryl methyl sites for hydroxylation is 11. The van der Waals surface area contributed by atoms with Gasteiger partial charge in [-0.25, -0.2) is 34.9 Å². The molecule has 0 aliphatic heterocycles. The van der Waals surface area contributed by atoms with Crippen LogP contribution in [0.4, 0.5) is 0 Å². The number of hydrogen-bond donors (Lipinski definition) is 10. The molecule has 20 heterocycles. The Morgan fingerprint density at radius 1 is 0.282 bits per heavy atom. The zero-order chi connectivity index (χ0) is 76.7. The Kier molecular flexibility index (Phi) is 24.7. The van der Waals surface area contributed by atoms with Gasteiger partial charge >= 0.3 is 0 Å². The van der Waals surface area contributed by atoms with E-state index >= 15 is 0 Å². The summed E-state index contributed by atoms with van der Waals surface area (Å²) in [6.07, 6.45) is 31.5. The molecule has 0 saturated heterocycles. The highest BCUT2D eigenvalue weighted by Gasteiger charge is 2.06. The molecule has 0 spiro atoms. The number of benzene rings is 2. The molecule has 0 fully saturated rings. The van der Waals surface area contributed by atoms with Crippen molar-refractivity contribution in [1.82, 2.24) is 162 Å². The SMILES string of the molecule is Cc1[nH]nc2cccnc12.Cc1[nH]nc2ccncc12.Cc1[nH]nc2cnccc12.Cc1[nH]nc2ncccc12.Cc1[nH]nc2nccnc12.Cc1[nH]nc2ncncc12.Cc1ccc2ncsc2c1.Cc1cccc2[nH]ncc12.Cc1ccnc2[nH]ncc12.Cc1cncc2[nH]ncc12.Cc1nccc2[nH]ncc12. The van der Waals surface area contributed by atoms with E-state index in [1.807, 2.05) is 153 Å². The van der Waals surface area contributed by atoms with Crippen molar-refractivity contribution in [3.63, 3.8) is 0 Å². The highest BCUT2D eigenvalue weighted by atomic mass is 32.1. The molecule has 0 amide bonds. The van der Waals surface area contributed by atoms with E-state index in [0.717, 1.165) is 150 Å². The van der Waals surface area contributed by atoms with Gasteiger partial charge in [-0.2, -0.15) is 51.0 Å². The van der Waals surface area contributed by atoms with E-state index in [0.29, 0.717) is 5.65 Å². The quantitative estimate of drug-likeness (QED) is 0.0674. The van der Waals surface area contributed by atoms with Gasteiger partial charge in [-0.15, -0.1) is 11.3 Å². The van der Waals surface area contributed by atoms with E-state index in [9.17, 15) is 0 Å². The lowest BCUT2D eigenvalue weighted by atomic mass is 10.2. The van der Waals surface area contributed by atoms with Crippen molar-refractivity contribution in [3.05, 3.63) is 264 Å². The highest BCUT2D eigenvalue weighted by Crippen LogP contribution is 2.21. The Labute approximate surface area is 630 Å². The Bertz CT molecular complexity index is 5720. The average Bonchev–Trinajstić information content (AvgIpc) is 1.73. The van der Waals surface area contributed by atoms with E-state index in [1.165, 1.54) is 33.1 Å². The number of thiazole rings is 1. The number of H-pyrrole nitrogens is 10. The zero-order valence-corrected chi connectivity index (χ0v) is 62.6. The smallest absolute Gasteiger partial charge is 0.199 e. The lowest BCUT2D eigenvalue weighted by Crippen LogP contribution is -1.78. The van der Waals surface area contributed by atoms with Gasteiger partial charge in [-0.3, -0.25) is 75.9 Å².